The minimum atomic E-state index is -0.222. The SMILES string of the molecule is O=C(c1c[nH]c2cc(OCc3cccnc3)ccc12)[C@@H]1CSC(c2cccnc2)N1. The maximum atomic E-state index is 13.1. The van der Waals surface area contributed by atoms with Crippen molar-refractivity contribution in [2.45, 2.75) is 18.0 Å². The number of hydrogen-bond donors (Lipinski definition) is 2. The number of fused-ring (bicyclic) bond motifs is 1. The minimum absolute atomic E-state index is 0.0883. The number of ether oxygens (including phenoxy) is 1. The number of rotatable bonds is 6. The average molecular weight is 417 g/mol. The molecule has 1 aliphatic rings. The van der Waals surface area contributed by atoms with Crippen LogP contribution in [0, 0.1) is 0 Å². The lowest BCUT2D eigenvalue weighted by molar-refractivity contribution is 0.0957. The van der Waals surface area contributed by atoms with Crippen LogP contribution in [0.2, 0.25) is 0 Å². The third-order valence-electron chi connectivity index (χ3n) is 5.13. The van der Waals surface area contributed by atoms with Gasteiger partial charge in [-0.2, -0.15) is 0 Å². The maximum Gasteiger partial charge on any atom is 0.182 e. The fraction of sp³-hybridized carbons (Fsp3) is 0.174. The Hall–Kier alpha value is -3.16. The zero-order valence-corrected chi connectivity index (χ0v) is 16.9. The lowest BCUT2D eigenvalue weighted by atomic mass is 10.0. The van der Waals surface area contributed by atoms with Gasteiger partial charge in [-0.05, 0) is 29.8 Å². The van der Waals surface area contributed by atoms with E-state index < -0.39 is 0 Å². The molecule has 1 saturated heterocycles. The van der Waals surface area contributed by atoms with Gasteiger partial charge in [-0.1, -0.05) is 12.1 Å². The van der Waals surface area contributed by atoms with Gasteiger partial charge in [-0.15, -0.1) is 11.8 Å². The van der Waals surface area contributed by atoms with Gasteiger partial charge in [0.2, 0.25) is 0 Å². The molecule has 0 saturated carbocycles. The molecule has 1 aromatic carbocycles. The van der Waals surface area contributed by atoms with E-state index in [1.165, 1.54) is 0 Å². The molecule has 0 amide bonds. The molecule has 0 bridgehead atoms. The zero-order chi connectivity index (χ0) is 20.3. The monoisotopic (exact) mass is 416 g/mol. The molecular weight excluding hydrogens is 396 g/mol. The molecule has 1 aliphatic heterocycles. The van der Waals surface area contributed by atoms with Crippen molar-refractivity contribution in [3.05, 3.63) is 90.1 Å². The molecule has 0 aliphatic carbocycles. The number of aromatic nitrogens is 3. The number of ketones is 1. The van der Waals surface area contributed by atoms with Crippen molar-refractivity contribution < 1.29 is 9.53 Å². The second kappa shape index (κ2) is 8.30. The van der Waals surface area contributed by atoms with Gasteiger partial charge in [0.1, 0.15) is 12.4 Å². The smallest absolute Gasteiger partial charge is 0.182 e. The van der Waals surface area contributed by atoms with Crippen LogP contribution in [-0.4, -0.2) is 32.5 Å². The van der Waals surface area contributed by atoms with E-state index in [9.17, 15) is 4.79 Å². The Morgan fingerprint density at radius 2 is 2.00 bits per heavy atom. The number of carbonyl (C=O) groups is 1. The van der Waals surface area contributed by atoms with Gasteiger partial charge in [-0.3, -0.25) is 20.1 Å². The lowest BCUT2D eigenvalue weighted by Crippen LogP contribution is -2.34. The highest BCUT2D eigenvalue weighted by atomic mass is 32.2. The molecule has 4 aromatic rings. The minimum Gasteiger partial charge on any atom is -0.489 e. The molecule has 30 heavy (non-hydrogen) atoms. The molecule has 0 spiro atoms. The summed E-state index contributed by atoms with van der Waals surface area (Å²) in [5, 5.41) is 4.43. The highest BCUT2D eigenvalue weighted by molar-refractivity contribution is 7.99. The molecule has 3 aromatic heterocycles. The number of H-pyrrole nitrogens is 1. The van der Waals surface area contributed by atoms with E-state index in [1.807, 2.05) is 48.7 Å². The van der Waals surface area contributed by atoms with E-state index in [1.54, 1.807) is 36.5 Å². The first-order valence-corrected chi connectivity index (χ1v) is 10.8. The summed E-state index contributed by atoms with van der Waals surface area (Å²) in [5.41, 5.74) is 3.69. The summed E-state index contributed by atoms with van der Waals surface area (Å²) in [5.74, 6) is 1.58. The molecule has 6 nitrogen and oxygen atoms in total. The van der Waals surface area contributed by atoms with Crippen LogP contribution in [0.5, 0.6) is 5.75 Å². The van der Waals surface area contributed by atoms with E-state index in [0.717, 1.165) is 33.5 Å². The summed E-state index contributed by atoms with van der Waals surface area (Å²) >= 11 is 1.73. The van der Waals surface area contributed by atoms with E-state index in [4.69, 9.17) is 4.74 Å². The number of benzene rings is 1. The van der Waals surface area contributed by atoms with Gasteiger partial charge in [-0.25, -0.2) is 0 Å². The van der Waals surface area contributed by atoms with Gasteiger partial charge in [0, 0.05) is 64.8 Å². The van der Waals surface area contributed by atoms with Crippen LogP contribution >= 0.6 is 11.8 Å². The topological polar surface area (TPSA) is 79.9 Å². The Kier molecular flexibility index (Phi) is 5.21. The third kappa shape index (κ3) is 3.81. The van der Waals surface area contributed by atoms with Crippen molar-refractivity contribution in [1.82, 2.24) is 20.3 Å². The van der Waals surface area contributed by atoms with Crippen LogP contribution in [0.4, 0.5) is 0 Å². The van der Waals surface area contributed by atoms with Crippen LogP contribution in [-0.2, 0) is 6.61 Å². The number of nitrogens with zero attached hydrogens (tertiary/aromatic N) is 2. The quantitative estimate of drug-likeness (QED) is 0.460. The van der Waals surface area contributed by atoms with Crippen LogP contribution in [0.1, 0.15) is 26.9 Å². The van der Waals surface area contributed by atoms with Crippen molar-refractivity contribution in [2.24, 2.45) is 0 Å². The number of carbonyl (C=O) groups excluding carboxylic acids is 1. The summed E-state index contributed by atoms with van der Waals surface area (Å²) in [6.07, 6.45) is 8.92. The molecule has 2 atom stereocenters. The van der Waals surface area contributed by atoms with Gasteiger partial charge < -0.3 is 9.72 Å². The van der Waals surface area contributed by atoms with E-state index in [-0.39, 0.29) is 17.2 Å². The molecule has 4 heterocycles. The molecule has 2 N–H and O–H groups in total. The number of aromatic amines is 1. The average Bonchev–Trinajstić information content (AvgIpc) is 3.46. The summed E-state index contributed by atoms with van der Waals surface area (Å²) in [7, 11) is 0. The van der Waals surface area contributed by atoms with Gasteiger partial charge in [0.05, 0.1) is 11.4 Å². The van der Waals surface area contributed by atoms with Gasteiger partial charge >= 0.3 is 0 Å². The number of Topliss-reactive ketones (excluding diaryl/α,β-unsaturated/α-hetero) is 1. The highest BCUT2D eigenvalue weighted by Crippen LogP contribution is 2.34. The normalized spacial score (nSPS) is 18.5. The molecule has 1 unspecified atom stereocenters. The second-order valence-corrected chi connectivity index (χ2v) is 8.28. The predicted molar refractivity (Wildman–Crippen MR) is 118 cm³/mol. The van der Waals surface area contributed by atoms with Gasteiger partial charge in [0.25, 0.3) is 0 Å². The Bertz CT molecular complexity index is 1160. The summed E-state index contributed by atoms with van der Waals surface area (Å²) in [4.78, 5) is 24.6. The fourth-order valence-electron chi connectivity index (χ4n) is 3.58. The maximum absolute atomic E-state index is 13.1. The van der Waals surface area contributed by atoms with Crippen molar-refractivity contribution in [3.63, 3.8) is 0 Å². The molecule has 150 valence electrons. The summed E-state index contributed by atoms with van der Waals surface area (Å²) in [6.45, 7) is 0.449. The van der Waals surface area contributed by atoms with Gasteiger partial charge in [0.15, 0.2) is 5.78 Å². The summed E-state index contributed by atoms with van der Waals surface area (Å²) < 4.78 is 5.87. The number of nitrogens with one attached hydrogen (secondary N) is 2. The van der Waals surface area contributed by atoms with Crippen LogP contribution in [0.25, 0.3) is 10.9 Å². The molecule has 1 fully saturated rings. The first-order valence-electron chi connectivity index (χ1n) is 9.72. The van der Waals surface area contributed by atoms with E-state index >= 15 is 0 Å². The zero-order valence-electron chi connectivity index (χ0n) is 16.1. The first-order chi connectivity index (χ1) is 14.8. The molecular formula is C23H20N4O2S. The number of hydrogen-bond acceptors (Lipinski definition) is 6. The standard InChI is InChI=1S/C23H20N4O2S/c28-22(21-14-30-23(27-21)16-4-2-8-25-11-16)19-12-26-20-9-17(5-6-18(19)20)29-13-15-3-1-7-24-10-15/h1-12,21,23,26-27H,13-14H2/t21-,23?/m0/s1. The lowest BCUT2D eigenvalue weighted by Gasteiger charge is -2.12. The fourth-order valence-corrected chi connectivity index (χ4v) is 4.81. The largest absolute Gasteiger partial charge is 0.489 e. The second-order valence-electron chi connectivity index (χ2n) is 7.14. The van der Waals surface area contributed by atoms with Crippen molar-refractivity contribution >= 4 is 28.4 Å². The van der Waals surface area contributed by atoms with E-state index in [2.05, 4.69) is 20.3 Å². The van der Waals surface area contributed by atoms with Crippen molar-refractivity contribution in [3.8, 4) is 5.75 Å². The van der Waals surface area contributed by atoms with Crippen LogP contribution in [0.3, 0.4) is 0 Å². The van der Waals surface area contributed by atoms with Crippen molar-refractivity contribution in [2.75, 3.05) is 5.75 Å². The van der Waals surface area contributed by atoms with Crippen LogP contribution < -0.4 is 10.1 Å². The molecule has 0 radical (unpaired) electrons. The van der Waals surface area contributed by atoms with E-state index in [0.29, 0.717) is 12.2 Å². The Morgan fingerprint density at radius 1 is 1.13 bits per heavy atom. The Labute approximate surface area is 178 Å². The Balaban J connectivity index is 1.29. The summed E-state index contributed by atoms with van der Waals surface area (Å²) in [6, 6.07) is 13.4. The third-order valence-corrected chi connectivity index (χ3v) is 6.40. The Morgan fingerprint density at radius 3 is 2.80 bits per heavy atom. The predicted octanol–water partition coefficient (Wildman–Crippen LogP) is 4.12. The van der Waals surface area contributed by atoms with Crippen LogP contribution in [0.15, 0.2) is 73.4 Å². The van der Waals surface area contributed by atoms with Crippen molar-refractivity contribution in [1.29, 1.82) is 0 Å². The number of pyridine rings is 2. The first kappa shape index (κ1) is 18.8. The molecule has 7 heteroatoms. The number of thioether (sulfide) groups is 1. The molecule has 5 rings (SSSR count). The highest BCUT2D eigenvalue weighted by Gasteiger charge is 2.32.